The molecule has 4 heteroatoms. The van der Waals surface area contributed by atoms with Gasteiger partial charge in [-0.2, -0.15) is 0 Å². The Bertz CT molecular complexity index is 649. The Balaban J connectivity index is 2.16. The Morgan fingerprint density at radius 2 is 1.64 bits per heavy atom. The molecule has 0 radical (unpaired) electrons. The summed E-state index contributed by atoms with van der Waals surface area (Å²) in [6.07, 6.45) is 0. The molecule has 0 amide bonds. The molecular weight excluding hydrogens is 280 g/mol. The van der Waals surface area contributed by atoms with Gasteiger partial charge in [0, 0.05) is 0 Å². The number of hydrogen-bond donors (Lipinski definition) is 0. The molecule has 0 bridgehead atoms. The Labute approximate surface area is 129 Å². The Hall–Kier alpha value is -2.62. The van der Waals surface area contributed by atoms with Gasteiger partial charge in [-0.1, -0.05) is 42.5 Å². The Morgan fingerprint density at radius 3 is 2.32 bits per heavy atom. The molecule has 2 rings (SSSR count). The maximum absolute atomic E-state index is 12.4. The highest BCUT2D eigenvalue weighted by Gasteiger charge is 2.25. The maximum Gasteiger partial charge on any atom is 0.316 e. The van der Waals surface area contributed by atoms with E-state index in [1.165, 1.54) is 14.0 Å². The third-order valence-corrected chi connectivity index (χ3v) is 3.34. The highest BCUT2D eigenvalue weighted by molar-refractivity contribution is 6.09. The molecule has 0 heterocycles. The van der Waals surface area contributed by atoms with Crippen LogP contribution in [-0.2, 0) is 16.1 Å². The summed E-state index contributed by atoms with van der Waals surface area (Å²) in [6.45, 7) is 1.89. The van der Waals surface area contributed by atoms with Crippen LogP contribution in [0.15, 0.2) is 54.6 Å². The van der Waals surface area contributed by atoms with Gasteiger partial charge in [0.25, 0.3) is 0 Å². The summed E-state index contributed by atoms with van der Waals surface area (Å²) < 4.78 is 10.4. The lowest BCUT2D eigenvalue weighted by Crippen LogP contribution is -2.23. The molecular formula is C18H18O4. The van der Waals surface area contributed by atoms with E-state index in [4.69, 9.17) is 4.74 Å². The van der Waals surface area contributed by atoms with Crippen LogP contribution < -0.4 is 4.74 Å². The molecule has 22 heavy (non-hydrogen) atoms. The summed E-state index contributed by atoms with van der Waals surface area (Å²) >= 11 is 0. The van der Waals surface area contributed by atoms with Gasteiger partial charge in [0.15, 0.2) is 5.78 Å². The number of Topliss-reactive ketones (excluding diaryl/α,β-unsaturated/α-hetero) is 1. The zero-order valence-corrected chi connectivity index (χ0v) is 12.6. The van der Waals surface area contributed by atoms with Crippen molar-refractivity contribution in [3.8, 4) is 5.75 Å². The molecule has 0 fully saturated rings. The summed E-state index contributed by atoms with van der Waals surface area (Å²) in [6, 6.07) is 16.6. The molecule has 0 N–H and O–H groups in total. The minimum Gasteiger partial charge on any atom is -0.488 e. The molecule has 1 atom stereocenters. The lowest BCUT2D eigenvalue weighted by molar-refractivity contribution is -0.143. The van der Waals surface area contributed by atoms with Crippen molar-refractivity contribution in [3.05, 3.63) is 65.7 Å². The minimum atomic E-state index is -0.855. The molecule has 0 aliphatic carbocycles. The minimum absolute atomic E-state index is 0.310. The van der Waals surface area contributed by atoms with Gasteiger partial charge in [-0.15, -0.1) is 0 Å². The largest absolute Gasteiger partial charge is 0.488 e. The van der Waals surface area contributed by atoms with Crippen LogP contribution in [0.2, 0.25) is 0 Å². The van der Waals surface area contributed by atoms with E-state index >= 15 is 0 Å². The first-order valence-corrected chi connectivity index (χ1v) is 7.01. The van der Waals surface area contributed by atoms with E-state index in [2.05, 4.69) is 4.74 Å². The van der Waals surface area contributed by atoms with Crippen LogP contribution in [0.25, 0.3) is 0 Å². The second-order valence-corrected chi connectivity index (χ2v) is 4.88. The summed E-state index contributed by atoms with van der Waals surface area (Å²) in [4.78, 5) is 23.9. The van der Waals surface area contributed by atoms with E-state index < -0.39 is 11.9 Å². The van der Waals surface area contributed by atoms with Crippen LogP contribution in [-0.4, -0.2) is 18.9 Å². The molecule has 2 aromatic carbocycles. The van der Waals surface area contributed by atoms with E-state index in [1.54, 1.807) is 24.3 Å². The van der Waals surface area contributed by atoms with Gasteiger partial charge < -0.3 is 9.47 Å². The van der Waals surface area contributed by atoms with Gasteiger partial charge in [-0.25, -0.2) is 0 Å². The van der Waals surface area contributed by atoms with E-state index in [1.807, 2.05) is 30.3 Å². The molecule has 0 aliphatic heterocycles. The second kappa shape index (κ2) is 7.41. The van der Waals surface area contributed by atoms with Crippen molar-refractivity contribution in [2.24, 2.45) is 5.92 Å². The van der Waals surface area contributed by atoms with Gasteiger partial charge in [-0.05, 0) is 24.6 Å². The van der Waals surface area contributed by atoms with E-state index in [0.29, 0.717) is 17.9 Å². The molecule has 0 saturated carbocycles. The van der Waals surface area contributed by atoms with Crippen LogP contribution in [0.3, 0.4) is 0 Å². The average Bonchev–Trinajstić information content (AvgIpc) is 2.59. The van der Waals surface area contributed by atoms with Crippen molar-refractivity contribution >= 4 is 11.8 Å². The number of carbonyl (C=O) groups is 2. The highest BCUT2D eigenvalue weighted by Crippen LogP contribution is 2.23. The van der Waals surface area contributed by atoms with Crippen molar-refractivity contribution < 1.29 is 19.1 Å². The molecule has 4 nitrogen and oxygen atoms in total. The normalized spacial score (nSPS) is 11.5. The summed E-state index contributed by atoms with van der Waals surface area (Å²) in [5, 5.41) is 0. The van der Waals surface area contributed by atoms with Crippen molar-refractivity contribution in [2.75, 3.05) is 7.11 Å². The fourth-order valence-corrected chi connectivity index (χ4v) is 2.05. The van der Waals surface area contributed by atoms with Crippen LogP contribution >= 0.6 is 0 Å². The average molecular weight is 298 g/mol. The number of carbonyl (C=O) groups excluding carboxylic acids is 2. The predicted octanol–water partition coefficient (Wildman–Crippen LogP) is 3.26. The number of methoxy groups -OCH3 is 1. The first-order valence-electron chi connectivity index (χ1n) is 7.01. The zero-order chi connectivity index (χ0) is 15.9. The number of para-hydroxylation sites is 1. The summed E-state index contributed by atoms with van der Waals surface area (Å²) in [5.41, 5.74) is 1.39. The molecule has 0 spiro atoms. The topological polar surface area (TPSA) is 52.6 Å². The molecule has 2 aromatic rings. The SMILES string of the molecule is COC(=O)C(C)C(=O)c1ccccc1OCc1ccccc1. The first kappa shape index (κ1) is 15.8. The lowest BCUT2D eigenvalue weighted by Gasteiger charge is -2.13. The third kappa shape index (κ3) is 3.73. The second-order valence-electron chi connectivity index (χ2n) is 4.88. The van der Waals surface area contributed by atoms with Crippen LogP contribution in [0.5, 0.6) is 5.75 Å². The number of esters is 1. The summed E-state index contributed by atoms with van der Waals surface area (Å²) in [7, 11) is 1.27. The Kier molecular flexibility index (Phi) is 5.31. The third-order valence-electron chi connectivity index (χ3n) is 3.34. The monoisotopic (exact) mass is 298 g/mol. The standard InChI is InChI=1S/C18H18O4/c1-13(18(20)21-2)17(19)15-10-6-7-11-16(15)22-12-14-8-4-3-5-9-14/h3-11,13H,12H2,1-2H3. The van der Waals surface area contributed by atoms with Gasteiger partial charge in [0.2, 0.25) is 0 Å². The molecule has 0 saturated heterocycles. The number of ketones is 1. The van der Waals surface area contributed by atoms with Crippen LogP contribution in [0, 0.1) is 5.92 Å². The van der Waals surface area contributed by atoms with Crippen LogP contribution in [0.4, 0.5) is 0 Å². The summed E-state index contributed by atoms with van der Waals surface area (Å²) in [5.74, 6) is -1.25. The van der Waals surface area contributed by atoms with Gasteiger partial charge in [0.05, 0.1) is 12.7 Å². The molecule has 0 aromatic heterocycles. The highest BCUT2D eigenvalue weighted by atomic mass is 16.5. The molecule has 1 unspecified atom stereocenters. The van der Waals surface area contributed by atoms with Gasteiger partial charge >= 0.3 is 5.97 Å². The fraction of sp³-hybridized carbons (Fsp3) is 0.222. The lowest BCUT2D eigenvalue weighted by atomic mass is 9.99. The molecule has 0 aliphatic rings. The predicted molar refractivity (Wildman–Crippen MR) is 82.7 cm³/mol. The van der Waals surface area contributed by atoms with E-state index in [-0.39, 0.29) is 5.78 Å². The van der Waals surface area contributed by atoms with Crippen molar-refractivity contribution in [1.82, 2.24) is 0 Å². The zero-order valence-electron chi connectivity index (χ0n) is 12.6. The van der Waals surface area contributed by atoms with Crippen LogP contribution in [0.1, 0.15) is 22.8 Å². The first-order chi connectivity index (χ1) is 10.6. The number of hydrogen-bond acceptors (Lipinski definition) is 4. The van der Waals surface area contributed by atoms with Crippen molar-refractivity contribution in [2.45, 2.75) is 13.5 Å². The van der Waals surface area contributed by atoms with E-state index in [0.717, 1.165) is 5.56 Å². The number of benzene rings is 2. The maximum atomic E-state index is 12.4. The Morgan fingerprint density at radius 1 is 1.00 bits per heavy atom. The number of ether oxygens (including phenoxy) is 2. The fourth-order valence-electron chi connectivity index (χ4n) is 2.05. The number of rotatable bonds is 6. The quantitative estimate of drug-likeness (QED) is 0.466. The van der Waals surface area contributed by atoms with Crippen molar-refractivity contribution in [1.29, 1.82) is 0 Å². The van der Waals surface area contributed by atoms with E-state index in [9.17, 15) is 9.59 Å². The van der Waals surface area contributed by atoms with Crippen molar-refractivity contribution in [3.63, 3.8) is 0 Å². The molecule has 114 valence electrons. The van der Waals surface area contributed by atoms with Gasteiger partial charge in [-0.3, -0.25) is 9.59 Å². The smallest absolute Gasteiger partial charge is 0.316 e. The van der Waals surface area contributed by atoms with Gasteiger partial charge in [0.1, 0.15) is 18.3 Å².